The van der Waals surface area contributed by atoms with Crippen LogP contribution in [-0.4, -0.2) is 15.4 Å². The predicted octanol–water partition coefficient (Wildman–Crippen LogP) is 2.53. The smallest absolute Gasteiger partial charge is 0.188 e. The van der Waals surface area contributed by atoms with E-state index in [9.17, 15) is 4.79 Å². The number of ketones is 1. The van der Waals surface area contributed by atoms with E-state index in [2.05, 4.69) is 28.6 Å². The van der Waals surface area contributed by atoms with Crippen LogP contribution in [0.25, 0.3) is 0 Å². The molecule has 0 fully saturated rings. The molecule has 0 saturated heterocycles. The molecule has 0 amide bonds. The molecule has 16 heavy (non-hydrogen) atoms. The van der Waals surface area contributed by atoms with Crippen LogP contribution in [0, 0.1) is 0 Å². The Morgan fingerprint density at radius 2 is 1.94 bits per heavy atom. The summed E-state index contributed by atoms with van der Waals surface area (Å²) in [4.78, 5) is 11.7. The number of hydrogen-bond donors (Lipinski definition) is 0. The van der Waals surface area contributed by atoms with Crippen molar-refractivity contribution in [3.8, 4) is 0 Å². The van der Waals surface area contributed by atoms with Gasteiger partial charge in [-0.3, -0.25) is 4.79 Å². The molecule has 3 nitrogen and oxygen atoms in total. The Labute approximate surface area is 98.3 Å². The van der Waals surface area contributed by atoms with Crippen molar-refractivity contribution in [2.45, 2.75) is 19.8 Å². The van der Waals surface area contributed by atoms with Crippen molar-refractivity contribution in [1.29, 1.82) is 0 Å². The summed E-state index contributed by atoms with van der Waals surface area (Å²) in [5.41, 5.74) is 2.77. The van der Waals surface area contributed by atoms with E-state index in [0.29, 0.717) is 12.1 Å². The number of hydrogen-bond acceptors (Lipinski definition) is 4. The Morgan fingerprint density at radius 1 is 1.25 bits per heavy atom. The number of aromatic nitrogens is 2. The van der Waals surface area contributed by atoms with Gasteiger partial charge >= 0.3 is 0 Å². The van der Waals surface area contributed by atoms with E-state index in [0.717, 1.165) is 12.0 Å². The third-order valence-electron chi connectivity index (χ3n) is 2.44. The van der Waals surface area contributed by atoms with E-state index < -0.39 is 0 Å². The molecule has 4 heteroatoms. The van der Waals surface area contributed by atoms with Crippen LogP contribution in [0.15, 0.2) is 29.6 Å². The molecule has 2 aromatic rings. The van der Waals surface area contributed by atoms with E-state index in [1.54, 1.807) is 5.38 Å². The summed E-state index contributed by atoms with van der Waals surface area (Å²) < 4.78 is 3.68. The number of nitrogens with zero attached hydrogens (tertiary/aromatic N) is 2. The lowest BCUT2D eigenvalue weighted by Crippen LogP contribution is -2.04. The number of Topliss-reactive ketones (excluding diaryl/α,β-unsaturated/α-hetero) is 1. The van der Waals surface area contributed by atoms with Crippen molar-refractivity contribution >= 4 is 17.3 Å². The minimum absolute atomic E-state index is 0.0259. The van der Waals surface area contributed by atoms with Crippen LogP contribution >= 0.6 is 11.5 Å². The molecule has 0 unspecified atom stereocenters. The van der Waals surface area contributed by atoms with Gasteiger partial charge in [-0.1, -0.05) is 35.7 Å². The largest absolute Gasteiger partial charge is 0.292 e. The van der Waals surface area contributed by atoms with E-state index in [1.165, 1.54) is 17.1 Å². The van der Waals surface area contributed by atoms with E-state index >= 15 is 0 Å². The van der Waals surface area contributed by atoms with Gasteiger partial charge in [0, 0.05) is 11.8 Å². The first kappa shape index (κ1) is 11.0. The zero-order valence-electron chi connectivity index (χ0n) is 9.01. The Morgan fingerprint density at radius 3 is 2.50 bits per heavy atom. The molecule has 0 radical (unpaired) electrons. The maximum absolute atomic E-state index is 11.7. The second kappa shape index (κ2) is 4.99. The molecule has 82 valence electrons. The highest BCUT2D eigenvalue weighted by atomic mass is 32.1. The molecular formula is C12H12N2OS. The normalized spacial score (nSPS) is 10.3. The van der Waals surface area contributed by atoms with Gasteiger partial charge in [0.2, 0.25) is 0 Å². The monoisotopic (exact) mass is 232 g/mol. The van der Waals surface area contributed by atoms with Gasteiger partial charge in [0.05, 0.1) is 0 Å². The third-order valence-corrected chi connectivity index (χ3v) is 2.95. The minimum atomic E-state index is 0.0259. The molecule has 0 aliphatic rings. The average molecular weight is 232 g/mol. The van der Waals surface area contributed by atoms with Crippen LogP contribution in [0.4, 0.5) is 0 Å². The highest BCUT2D eigenvalue weighted by molar-refractivity contribution is 7.03. The number of benzene rings is 1. The first-order valence-corrected chi connectivity index (χ1v) is 6.01. The van der Waals surface area contributed by atoms with Gasteiger partial charge in [0.15, 0.2) is 5.78 Å². The molecule has 0 aliphatic carbocycles. The third kappa shape index (κ3) is 2.52. The zero-order valence-corrected chi connectivity index (χ0v) is 9.83. The lowest BCUT2D eigenvalue weighted by atomic mass is 10.0. The van der Waals surface area contributed by atoms with E-state index in [1.807, 2.05) is 12.1 Å². The van der Waals surface area contributed by atoms with Crippen LogP contribution in [0.5, 0.6) is 0 Å². The maximum Gasteiger partial charge on any atom is 0.188 e. The van der Waals surface area contributed by atoms with Crippen molar-refractivity contribution in [1.82, 2.24) is 9.59 Å². The summed E-state index contributed by atoms with van der Waals surface area (Å²) in [5, 5.41) is 5.45. The molecule has 0 atom stereocenters. The number of carbonyl (C=O) groups is 1. The second-order valence-corrected chi connectivity index (χ2v) is 4.17. The fourth-order valence-electron chi connectivity index (χ4n) is 1.45. The lowest BCUT2D eigenvalue weighted by Gasteiger charge is -2.00. The zero-order chi connectivity index (χ0) is 11.4. The Balaban J connectivity index is 2.06. The van der Waals surface area contributed by atoms with Crippen molar-refractivity contribution in [3.05, 3.63) is 46.5 Å². The fraction of sp³-hybridized carbons (Fsp3) is 0.250. The highest BCUT2D eigenvalue weighted by Crippen LogP contribution is 2.09. The summed E-state index contributed by atoms with van der Waals surface area (Å²) in [5.74, 6) is 0.0259. The fourth-order valence-corrected chi connectivity index (χ4v) is 1.92. The van der Waals surface area contributed by atoms with Crippen LogP contribution in [-0.2, 0) is 12.8 Å². The van der Waals surface area contributed by atoms with Gasteiger partial charge < -0.3 is 0 Å². The first-order chi connectivity index (χ1) is 7.79. The molecule has 0 aliphatic heterocycles. The Hall–Kier alpha value is -1.55. The quantitative estimate of drug-likeness (QED) is 0.761. The summed E-state index contributed by atoms with van der Waals surface area (Å²) in [6.07, 6.45) is 1.42. The summed E-state index contributed by atoms with van der Waals surface area (Å²) in [7, 11) is 0. The van der Waals surface area contributed by atoms with Crippen LogP contribution < -0.4 is 0 Å². The molecule has 1 aromatic heterocycles. The molecule has 0 spiro atoms. The van der Waals surface area contributed by atoms with E-state index in [-0.39, 0.29) is 5.78 Å². The SMILES string of the molecule is CCc1ccc(CC(=O)c2csnn2)cc1. The molecule has 0 saturated carbocycles. The molecule has 0 bridgehead atoms. The molecule has 2 rings (SSSR count). The van der Waals surface area contributed by atoms with Gasteiger partial charge in [-0.15, -0.1) is 5.10 Å². The summed E-state index contributed by atoms with van der Waals surface area (Å²) in [6.45, 7) is 2.11. The van der Waals surface area contributed by atoms with Crippen LogP contribution in [0.1, 0.15) is 28.5 Å². The maximum atomic E-state index is 11.7. The predicted molar refractivity (Wildman–Crippen MR) is 63.8 cm³/mol. The number of carbonyl (C=O) groups excluding carboxylic acids is 1. The van der Waals surface area contributed by atoms with Crippen molar-refractivity contribution in [2.75, 3.05) is 0 Å². The van der Waals surface area contributed by atoms with Gasteiger partial charge in [0.1, 0.15) is 5.69 Å². The Bertz CT molecular complexity index is 462. The lowest BCUT2D eigenvalue weighted by molar-refractivity contribution is 0.0988. The summed E-state index contributed by atoms with van der Waals surface area (Å²) >= 11 is 1.20. The molecule has 1 heterocycles. The van der Waals surface area contributed by atoms with Crippen molar-refractivity contribution < 1.29 is 4.79 Å². The van der Waals surface area contributed by atoms with Crippen LogP contribution in [0.3, 0.4) is 0 Å². The van der Waals surface area contributed by atoms with Crippen molar-refractivity contribution in [2.24, 2.45) is 0 Å². The average Bonchev–Trinajstić information content (AvgIpc) is 2.83. The van der Waals surface area contributed by atoms with E-state index in [4.69, 9.17) is 0 Å². The standard InChI is InChI=1S/C12H12N2OS/c1-2-9-3-5-10(6-4-9)7-12(15)11-8-16-14-13-11/h3-6,8H,2,7H2,1H3. The van der Waals surface area contributed by atoms with Crippen molar-refractivity contribution in [3.63, 3.8) is 0 Å². The minimum Gasteiger partial charge on any atom is -0.292 e. The van der Waals surface area contributed by atoms with Gasteiger partial charge in [0.25, 0.3) is 0 Å². The highest BCUT2D eigenvalue weighted by Gasteiger charge is 2.09. The number of aryl methyl sites for hydroxylation is 1. The first-order valence-electron chi connectivity index (χ1n) is 5.17. The second-order valence-electron chi connectivity index (χ2n) is 3.56. The van der Waals surface area contributed by atoms with Crippen LogP contribution in [0.2, 0.25) is 0 Å². The van der Waals surface area contributed by atoms with Gasteiger partial charge in [-0.25, -0.2) is 0 Å². The number of rotatable bonds is 4. The van der Waals surface area contributed by atoms with Gasteiger partial charge in [-0.2, -0.15) is 0 Å². The van der Waals surface area contributed by atoms with Gasteiger partial charge in [-0.05, 0) is 29.1 Å². The Kier molecular flexibility index (Phi) is 3.41. The molecule has 1 aromatic carbocycles. The topological polar surface area (TPSA) is 42.9 Å². The molecular weight excluding hydrogens is 220 g/mol. The molecule has 0 N–H and O–H groups in total. The summed E-state index contributed by atoms with van der Waals surface area (Å²) in [6, 6.07) is 8.11.